The van der Waals surface area contributed by atoms with Gasteiger partial charge >= 0.3 is 5.97 Å². The highest BCUT2D eigenvalue weighted by atomic mass is 16.4. The smallest absolute Gasteiger partial charge is 0.341 e. The maximum atomic E-state index is 12.6. The van der Waals surface area contributed by atoms with E-state index in [1.54, 1.807) is 30.3 Å². The van der Waals surface area contributed by atoms with Crippen LogP contribution in [0, 0.1) is 6.92 Å². The minimum Gasteiger partial charge on any atom is -0.506 e. The average molecular weight is 287 g/mol. The zero-order valence-corrected chi connectivity index (χ0v) is 12.0. The number of carboxylic acid groups (broad SMARTS) is 1. The van der Waals surface area contributed by atoms with Gasteiger partial charge in [0.2, 0.25) is 0 Å². The summed E-state index contributed by atoms with van der Waals surface area (Å²) in [6.45, 7) is 3.85. The lowest BCUT2D eigenvalue weighted by atomic mass is 10.0. The van der Waals surface area contributed by atoms with Crippen molar-refractivity contribution in [2.45, 2.75) is 26.8 Å². The van der Waals surface area contributed by atoms with Gasteiger partial charge in [0.25, 0.3) is 5.56 Å². The third-order valence-electron chi connectivity index (χ3n) is 3.42. The lowest BCUT2D eigenvalue weighted by Crippen LogP contribution is -2.26. The molecule has 0 aliphatic carbocycles. The van der Waals surface area contributed by atoms with Crippen LogP contribution in [0.2, 0.25) is 0 Å². The largest absolute Gasteiger partial charge is 0.506 e. The Kier molecular flexibility index (Phi) is 4.12. The van der Waals surface area contributed by atoms with E-state index in [-0.39, 0.29) is 22.4 Å². The summed E-state index contributed by atoms with van der Waals surface area (Å²) in [5.41, 5.74) is 0.218. The van der Waals surface area contributed by atoms with Crippen molar-refractivity contribution in [3.05, 3.63) is 51.9 Å². The Hall–Kier alpha value is -2.56. The van der Waals surface area contributed by atoms with E-state index in [0.29, 0.717) is 18.5 Å². The number of aromatic carboxylic acids is 1. The molecule has 1 heterocycles. The third kappa shape index (κ3) is 2.54. The first-order chi connectivity index (χ1) is 9.99. The number of carbonyl (C=O) groups is 1. The number of rotatable bonds is 4. The molecule has 110 valence electrons. The fourth-order valence-corrected chi connectivity index (χ4v) is 2.43. The van der Waals surface area contributed by atoms with Crippen LogP contribution in [0.4, 0.5) is 0 Å². The molecule has 0 unspecified atom stereocenters. The topological polar surface area (TPSA) is 79.5 Å². The molecule has 0 radical (unpaired) electrons. The van der Waals surface area contributed by atoms with E-state index in [1.807, 2.05) is 6.92 Å². The number of carboxylic acids is 1. The third-order valence-corrected chi connectivity index (χ3v) is 3.42. The Morgan fingerprint density at radius 1 is 1.24 bits per heavy atom. The van der Waals surface area contributed by atoms with Gasteiger partial charge in [0.15, 0.2) is 0 Å². The van der Waals surface area contributed by atoms with Crippen LogP contribution < -0.4 is 5.56 Å². The van der Waals surface area contributed by atoms with Gasteiger partial charge in [0.05, 0.1) is 5.56 Å². The Labute approximate surface area is 122 Å². The molecule has 1 aromatic heterocycles. The molecule has 0 saturated carbocycles. The van der Waals surface area contributed by atoms with Crippen molar-refractivity contribution in [3.63, 3.8) is 0 Å². The van der Waals surface area contributed by atoms with Gasteiger partial charge in [-0.25, -0.2) is 4.79 Å². The fourth-order valence-electron chi connectivity index (χ4n) is 2.43. The molecule has 0 fully saturated rings. The summed E-state index contributed by atoms with van der Waals surface area (Å²) in [4.78, 5) is 24.0. The van der Waals surface area contributed by atoms with Crippen molar-refractivity contribution >= 4 is 5.97 Å². The summed E-state index contributed by atoms with van der Waals surface area (Å²) < 4.78 is 1.41. The Morgan fingerprint density at radius 3 is 2.38 bits per heavy atom. The van der Waals surface area contributed by atoms with Gasteiger partial charge in [0, 0.05) is 12.2 Å². The predicted molar refractivity (Wildman–Crippen MR) is 79.8 cm³/mol. The van der Waals surface area contributed by atoms with Gasteiger partial charge in [-0.2, -0.15) is 0 Å². The van der Waals surface area contributed by atoms with Gasteiger partial charge in [-0.3, -0.25) is 4.79 Å². The van der Waals surface area contributed by atoms with E-state index in [4.69, 9.17) is 0 Å². The highest BCUT2D eigenvalue weighted by Crippen LogP contribution is 2.31. The van der Waals surface area contributed by atoms with E-state index < -0.39 is 11.7 Å². The minimum atomic E-state index is -1.24. The number of hydrogen-bond acceptors (Lipinski definition) is 3. The second kappa shape index (κ2) is 5.83. The molecule has 0 atom stereocenters. The molecule has 21 heavy (non-hydrogen) atoms. The highest BCUT2D eigenvalue weighted by molar-refractivity contribution is 5.95. The van der Waals surface area contributed by atoms with Crippen molar-refractivity contribution in [3.8, 4) is 16.9 Å². The van der Waals surface area contributed by atoms with Crippen LogP contribution in [0.5, 0.6) is 5.75 Å². The predicted octanol–water partition coefficient (Wildman–Crippen LogP) is 2.64. The van der Waals surface area contributed by atoms with E-state index in [0.717, 1.165) is 0 Å². The maximum Gasteiger partial charge on any atom is 0.341 e. The first-order valence-electron chi connectivity index (χ1n) is 6.74. The molecule has 0 bridgehead atoms. The van der Waals surface area contributed by atoms with Gasteiger partial charge in [-0.1, -0.05) is 37.3 Å². The second-order valence-corrected chi connectivity index (χ2v) is 4.81. The summed E-state index contributed by atoms with van der Waals surface area (Å²) in [6.07, 6.45) is 0.693. The molecule has 0 saturated heterocycles. The average Bonchev–Trinajstić information content (AvgIpc) is 2.44. The van der Waals surface area contributed by atoms with Gasteiger partial charge in [-0.15, -0.1) is 0 Å². The van der Waals surface area contributed by atoms with E-state index in [9.17, 15) is 19.8 Å². The van der Waals surface area contributed by atoms with Crippen LogP contribution in [0.1, 0.15) is 29.4 Å². The number of aromatic hydroxyl groups is 1. The van der Waals surface area contributed by atoms with Crippen molar-refractivity contribution in [2.24, 2.45) is 0 Å². The van der Waals surface area contributed by atoms with Crippen LogP contribution in [0.25, 0.3) is 11.1 Å². The van der Waals surface area contributed by atoms with Gasteiger partial charge < -0.3 is 14.8 Å². The van der Waals surface area contributed by atoms with Crippen LogP contribution in [-0.4, -0.2) is 20.7 Å². The molecule has 0 aliphatic rings. The van der Waals surface area contributed by atoms with E-state index in [1.165, 1.54) is 11.5 Å². The Morgan fingerprint density at radius 2 is 1.86 bits per heavy atom. The quantitative estimate of drug-likeness (QED) is 0.906. The number of aromatic nitrogens is 1. The molecule has 5 nitrogen and oxygen atoms in total. The molecule has 5 heteroatoms. The lowest BCUT2D eigenvalue weighted by molar-refractivity contribution is 0.0691. The van der Waals surface area contributed by atoms with Gasteiger partial charge in [-0.05, 0) is 18.9 Å². The van der Waals surface area contributed by atoms with Gasteiger partial charge in [0.1, 0.15) is 11.3 Å². The van der Waals surface area contributed by atoms with Crippen LogP contribution in [-0.2, 0) is 6.54 Å². The molecule has 0 amide bonds. The molecule has 1 aromatic carbocycles. The summed E-state index contributed by atoms with van der Waals surface area (Å²) in [6, 6.07) is 8.61. The standard InChI is InChI=1S/C16H17NO4/c1-3-9-17-10(2)12(16(20)21)14(18)13(15(17)19)11-7-5-4-6-8-11/h4-8,18H,3,9H2,1-2H3,(H,20,21). The molecule has 2 rings (SSSR count). The minimum absolute atomic E-state index is 0.0343. The van der Waals surface area contributed by atoms with E-state index >= 15 is 0 Å². The first-order valence-corrected chi connectivity index (χ1v) is 6.74. The second-order valence-electron chi connectivity index (χ2n) is 4.81. The normalized spacial score (nSPS) is 10.6. The van der Waals surface area contributed by atoms with Crippen molar-refractivity contribution in [1.29, 1.82) is 0 Å². The molecular weight excluding hydrogens is 270 g/mol. The van der Waals surface area contributed by atoms with Crippen molar-refractivity contribution < 1.29 is 15.0 Å². The molecule has 0 aliphatic heterocycles. The molecule has 2 aromatic rings. The zero-order chi connectivity index (χ0) is 15.6. The van der Waals surface area contributed by atoms with Crippen LogP contribution in [0.15, 0.2) is 35.1 Å². The maximum absolute atomic E-state index is 12.6. The highest BCUT2D eigenvalue weighted by Gasteiger charge is 2.24. The first kappa shape index (κ1) is 14.8. The number of nitrogens with zero attached hydrogens (tertiary/aromatic N) is 1. The molecule has 0 spiro atoms. The van der Waals surface area contributed by atoms with Crippen molar-refractivity contribution in [1.82, 2.24) is 4.57 Å². The number of hydrogen-bond donors (Lipinski definition) is 2. The Balaban J connectivity index is 2.88. The number of benzene rings is 1. The lowest BCUT2D eigenvalue weighted by Gasteiger charge is -2.16. The molecular formula is C16H17NO4. The van der Waals surface area contributed by atoms with Crippen molar-refractivity contribution in [2.75, 3.05) is 0 Å². The fraction of sp³-hybridized carbons (Fsp3) is 0.250. The van der Waals surface area contributed by atoms with Crippen LogP contribution >= 0.6 is 0 Å². The summed E-state index contributed by atoms with van der Waals surface area (Å²) >= 11 is 0. The van der Waals surface area contributed by atoms with E-state index in [2.05, 4.69) is 0 Å². The summed E-state index contributed by atoms with van der Waals surface area (Å²) in [7, 11) is 0. The van der Waals surface area contributed by atoms with Crippen LogP contribution in [0.3, 0.4) is 0 Å². The molecule has 2 N–H and O–H groups in total. The summed E-state index contributed by atoms with van der Waals surface area (Å²) in [5, 5.41) is 19.6. The zero-order valence-electron chi connectivity index (χ0n) is 12.0. The SMILES string of the molecule is CCCn1c(C)c(C(=O)O)c(O)c(-c2ccccc2)c1=O. The summed E-state index contributed by atoms with van der Waals surface area (Å²) in [5.74, 6) is -1.71. The Bertz CT molecular complexity index is 732. The number of pyridine rings is 1. The monoisotopic (exact) mass is 287 g/mol.